The first kappa shape index (κ1) is 32.8. The summed E-state index contributed by atoms with van der Waals surface area (Å²) in [5, 5.41) is 5.06. The van der Waals surface area contributed by atoms with Crippen molar-refractivity contribution in [3.63, 3.8) is 0 Å². The van der Waals surface area contributed by atoms with Gasteiger partial charge in [-0.1, -0.05) is 23.7 Å². The van der Waals surface area contributed by atoms with Gasteiger partial charge in [0.2, 0.25) is 21.8 Å². The van der Waals surface area contributed by atoms with Gasteiger partial charge in [0.1, 0.15) is 11.6 Å². The number of fused-ring (bicyclic) bond motifs is 1. The van der Waals surface area contributed by atoms with Gasteiger partial charge in [0.15, 0.2) is 0 Å². The highest BCUT2D eigenvalue weighted by molar-refractivity contribution is 7.99. The average molecular weight is 665 g/mol. The van der Waals surface area contributed by atoms with Crippen LogP contribution in [-0.4, -0.2) is 102 Å². The molecule has 1 N–H and O–H groups in total. The Morgan fingerprint density at radius 2 is 1.57 bits per heavy atom. The molecule has 3 fully saturated rings. The molecule has 10 nitrogen and oxygen atoms in total. The molecule has 2 aromatic rings. The highest BCUT2D eigenvalue weighted by Crippen LogP contribution is 2.31. The fraction of sp³-hybridized carbons (Fsp3) is 0.581. The highest BCUT2D eigenvalue weighted by Gasteiger charge is 2.43. The third-order valence-corrected chi connectivity index (χ3v) is 11.5. The number of rotatable bonds is 5. The van der Waals surface area contributed by atoms with Crippen LogP contribution in [0.15, 0.2) is 41.3 Å². The maximum Gasteiger partial charge on any atom is 0.407 e. The van der Waals surface area contributed by atoms with Gasteiger partial charge in [0.25, 0.3) is 0 Å². The van der Waals surface area contributed by atoms with E-state index < -0.39 is 27.8 Å². The monoisotopic (exact) mass is 664 g/mol. The van der Waals surface area contributed by atoms with Gasteiger partial charge >= 0.3 is 6.09 Å². The van der Waals surface area contributed by atoms with E-state index in [1.54, 1.807) is 58.0 Å². The normalized spacial score (nSPS) is 23.8. The smallest absolute Gasteiger partial charge is 0.407 e. The van der Waals surface area contributed by atoms with Crippen LogP contribution in [-0.2, 0) is 24.3 Å². The maximum absolute atomic E-state index is 13.9. The average Bonchev–Trinajstić information content (AvgIpc) is 2.99. The number of nitrogens with zero attached hydrogens (tertiary/aromatic N) is 3. The van der Waals surface area contributed by atoms with Crippen LogP contribution < -0.4 is 5.32 Å². The van der Waals surface area contributed by atoms with Crippen molar-refractivity contribution in [2.24, 2.45) is 5.92 Å². The molecule has 0 spiro atoms. The number of carbonyl (C=O) groups excluding carboxylic acids is 3. The minimum absolute atomic E-state index is 0.0860. The number of piperazine rings is 1. The summed E-state index contributed by atoms with van der Waals surface area (Å²) < 4.78 is 34.4. The van der Waals surface area contributed by atoms with E-state index in [4.69, 9.17) is 16.3 Å². The first-order valence-corrected chi connectivity index (χ1v) is 18.1. The number of carbonyl (C=O) groups is 3. The second-order valence-corrected chi connectivity index (χ2v) is 16.3. The van der Waals surface area contributed by atoms with Crippen molar-refractivity contribution in [2.75, 3.05) is 44.2 Å². The zero-order valence-corrected chi connectivity index (χ0v) is 27.8. The Labute approximate surface area is 268 Å². The zero-order chi connectivity index (χ0) is 31.6. The molecule has 13 heteroatoms. The van der Waals surface area contributed by atoms with E-state index in [2.05, 4.69) is 5.32 Å². The number of benzene rings is 2. The second-order valence-electron chi connectivity index (χ2n) is 12.7. The number of ether oxygens (including phenoxy) is 1. The van der Waals surface area contributed by atoms with Gasteiger partial charge in [0.05, 0.1) is 4.90 Å². The van der Waals surface area contributed by atoms with Gasteiger partial charge in [-0.05, 0) is 81.5 Å². The molecule has 1 aliphatic carbocycles. The van der Waals surface area contributed by atoms with Crippen molar-refractivity contribution >= 4 is 62.1 Å². The molecule has 2 saturated heterocycles. The molecule has 2 aromatic carbocycles. The summed E-state index contributed by atoms with van der Waals surface area (Å²) in [6, 6.07) is 9.22. The predicted molar refractivity (Wildman–Crippen MR) is 172 cm³/mol. The third kappa shape index (κ3) is 7.63. The Hall–Kier alpha value is -2.54. The number of hydrogen-bond donors (Lipinski definition) is 1. The summed E-state index contributed by atoms with van der Waals surface area (Å²) in [5.41, 5.74) is -0.593. The lowest BCUT2D eigenvalue weighted by atomic mass is 9.84. The molecule has 0 bridgehead atoms. The molecule has 240 valence electrons. The van der Waals surface area contributed by atoms with Crippen molar-refractivity contribution in [3.8, 4) is 0 Å². The molecule has 0 radical (unpaired) electrons. The quantitative estimate of drug-likeness (QED) is 0.505. The largest absolute Gasteiger partial charge is 0.444 e. The van der Waals surface area contributed by atoms with E-state index in [0.717, 1.165) is 22.3 Å². The SMILES string of the molecule is CC(C)(C)OC(=O)NC1CCC(C(=O)N2CCN(S(=O)(=O)c3ccc4cc(Cl)ccc4c3)CC2C(=O)N2CCSCC2)CC1. The minimum Gasteiger partial charge on any atom is -0.444 e. The van der Waals surface area contributed by atoms with Gasteiger partial charge in [0, 0.05) is 61.2 Å². The van der Waals surface area contributed by atoms with E-state index in [-0.39, 0.29) is 48.3 Å². The molecular weight excluding hydrogens is 624 g/mol. The van der Waals surface area contributed by atoms with Crippen LogP contribution in [0.4, 0.5) is 4.79 Å². The Bertz CT molecular complexity index is 1500. The fourth-order valence-corrected chi connectivity index (χ4v) is 8.70. The summed E-state index contributed by atoms with van der Waals surface area (Å²) >= 11 is 7.88. The second kappa shape index (κ2) is 13.4. The third-order valence-electron chi connectivity index (χ3n) is 8.44. The van der Waals surface area contributed by atoms with E-state index in [0.29, 0.717) is 43.8 Å². The van der Waals surface area contributed by atoms with Crippen LogP contribution in [0.5, 0.6) is 0 Å². The van der Waals surface area contributed by atoms with Crippen LogP contribution in [0.25, 0.3) is 10.8 Å². The number of thioether (sulfide) groups is 1. The molecule has 3 amide bonds. The summed E-state index contributed by atoms with van der Waals surface area (Å²) in [6.07, 6.45) is 1.92. The maximum atomic E-state index is 13.9. The van der Waals surface area contributed by atoms with Crippen LogP contribution in [0.2, 0.25) is 5.02 Å². The van der Waals surface area contributed by atoms with Crippen molar-refractivity contribution in [2.45, 2.75) is 69.0 Å². The van der Waals surface area contributed by atoms with Gasteiger partial charge in [-0.15, -0.1) is 0 Å². The molecule has 44 heavy (non-hydrogen) atoms. The van der Waals surface area contributed by atoms with Gasteiger partial charge in [-0.3, -0.25) is 9.59 Å². The lowest BCUT2D eigenvalue weighted by Crippen LogP contribution is -2.63. The van der Waals surface area contributed by atoms with E-state index in [1.165, 1.54) is 4.31 Å². The van der Waals surface area contributed by atoms with Crippen molar-refractivity contribution in [1.29, 1.82) is 0 Å². The molecule has 2 heterocycles. The molecule has 2 aliphatic heterocycles. The van der Waals surface area contributed by atoms with E-state index >= 15 is 0 Å². The predicted octanol–water partition coefficient (Wildman–Crippen LogP) is 4.35. The molecule has 3 aliphatic rings. The van der Waals surface area contributed by atoms with Crippen molar-refractivity contribution < 1.29 is 27.5 Å². The lowest BCUT2D eigenvalue weighted by Gasteiger charge is -2.44. The molecule has 1 unspecified atom stereocenters. The van der Waals surface area contributed by atoms with Crippen molar-refractivity contribution in [1.82, 2.24) is 19.4 Å². The first-order chi connectivity index (χ1) is 20.8. The van der Waals surface area contributed by atoms with Gasteiger partial charge in [-0.2, -0.15) is 16.1 Å². The number of halogens is 1. The van der Waals surface area contributed by atoms with Gasteiger partial charge in [-0.25, -0.2) is 13.2 Å². The number of nitrogens with one attached hydrogen (secondary N) is 1. The number of alkyl carbamates (subject to hydrolysis) is 1. The van der Waals surface area contributed by atoms with Crippen LogP contribution in [0, 0.1) is 5.92 Å². The molecule has 0 aromatic heterocycles. The lowest BCUT2D eigenvalue weighted by molar-refractivity contribution is -0.151. The standard InChI is InChI=1S/C31H41ClN4O6S2/c1-31(2,3)42-30(39)33-25-9-5-21(6-10-25)28(37)36-13-12-35(20-27(36)29(38)34-14-16-43-17-15-34)44(40,41)26-11-7-22-18-24(32)8-4-23(22)19-26/h4,7-8,11,18-19,21,25,27H,5-6,9-10,12-17,20H2,1-3H3,(H,33,39). The minimum atomic E-state index is -3.93. The topological polar surface area (TPSA) is 116 Å². The molecule has 5 rings (SSSR count). The van der Waals surface area contributed by atoms with Crippen LogP contribution in [0.3, 0.4) is 0 Å². The summed E-state index contributed by atoms with van der Waals surface area (Å²) in [6.45, 7) is 6.72. The number of hydrogen-bond acceptors (Lipinski definition) is 7. The Balaban J connectivity index is 1.31. The zero-order valence-electron chi connectivity index (χ0n) is 25.5. The Morgan fingerprint density at radius 1 is 0.909 bits per heavy atom. The molecule has 1 atom stereocenters. The molecule has 1 saturated carbocycles. The Kier molecular flexibility index (Phi) is 10.0. The Morgan fingerprint density at radius 3 is 2.25 bits per heavy atom. The summed E-state index contributed by atoms with van der Waals surface area (Å²) in [5.74, 6) is 1.00. The highest BCUT2D eigenvalue weighted by atomic mass is 35.5. The van der Waals surface area contributed by atoms with Crippen LogP contribution in [0.1, 0.15) is 46.5 Å². The number of amides is 3. The van der Waals surface area contributed by atoms with Gasteiger partial charge < -0.3 is 19.9 Å². The van der Waals surface area contributed by atoms with Crippen molar-refractivity contribution in [3.05, 3.63) is 41.4 Å². The molecular formula is C31H41ClN4O6S2. The number of sulfonamides is 1. The summed E-state index contributed by atoms with van der Waals surface area (Å²) in [4.78, 5) is 43.6. The fourth-order valence-electron chi connectivity index (χ4n) is 6.14. The van der Waals surface area contributed by atoms with E-state index in [1.807, 2.05) is 20.8 Å². The first-order valence-electron chi connectivity index (χ1n) is 15.2. The van der Waals surface area contributed by atoms with Crippen LogP contribution >= 0.6 is 23.4 Å². The summed E-state index contributed by atoms with van der Waals surface area (Å²) in [7, 11) is -3.93. The van der Waals surface area contributed by atoms with E-state index in [9.17, 15) is 22.8 Å².